The minimum Gasteiger partial charge on any atom is -0.299 e. The Morgan fingerprint density at radius 3 is 2.24 bits per heavy atom. The van der Waals surface area contributed by atoms with Crippen LogP contribution in [0, 0.1) is 11.3 Å². The second-order valence-electron chi connectivity index (χ2n) is 5.43. The van der Waals surface area contributed by atoms with E-state index in [9.17, 15) is 4.79 Å². The first-order chi connectivity index (χ1) is 7.84. The van der Waals surface area contributed by atoms with E-state index in [-0.39, 0.29) is 5.41 Å². The Hall–Kier alpha value is -0.820. The van der Waals surface area contributed by atoms with E-state index >= 15 is 0 Å². The highest BCUT2D eigenvalue weighted by Gasteiger charge is 2.30. The average Bonchev–Trinajstić information content (AvgIpc) is 2.27. The van der Waals surface area contributed by atoms with Crippen molar-refractivity contribution in [2.45, 2.75) is 40.5 Å². The van der Waals surface area contributed by atoms with Crippen molar-refractivity contribution < 1.29 is 4.79 Å². The average molecular weight is 253 g/mol. The Morgan fingerprint density at radius 1 is 1.24 bits per heavy atom. The molecule has 0 saturated heterocycles. The number of hydrogen-bond acceptors (Lipinski definition) is 1. The zero-order valence-corrected chi connectivity index (χ0v) is 11.8. The quantitative estimate of drug-likeness (QED) is 0.753. The highest BCUT2D eigenvalue weighted by atomic mass is 35.5. The van der Waals surface area contributed by atoms with Gasteiger partial charge in [-0.3, -0.25) is 4.79 Å². The molecule has 0 N–H and O–H groups in total. The van der Waals surface area contributed by atoms with Gasteiger partial charge in [-0.25, -0.2) is 0 Å². The highest BCUT2D eigenvalue weighted by molar-refractivity contribution is 6.30. The smallest absolute Gasteiger partial charge is 0.139 e. The fourth-order valence-electron chi connectivity index (χ4n) is 1.55. The maximum absolute atomic E-state index is 12.1. The molecule has 1 rings (SSSR count). The van der Waals surface area contributed by atoms with Crippen LogP contribution in [0.5, 0.6) is 0 Å². The number of ketones is 1. The molecule has 1 nitrogen and oxygen atoms in total. The molecule has 1 aromatic rings. The fourth-order valence-corrected chi connectivity index (χ4v) is 1.68. The molecule has 0 amide bonds. The van der Waals surface area contributed by atoms with E-state index in [1.165, 1.54) is 5.56 Å². The molecule has 17 heavy (non-hydrogen) atoms. The molecule has 1 aromatic carbocycles. The molecule has 0 heterocycles. The van der Waals surface area contributed by atoms with Crippen LogP contribution in [0.4, 0.5) is 0 Å². The Kier molecular flexibility index (Phi) is 4.76. The molecule has 2 heteroatoms. The molecule has 0 aliphatic heterocycles. The first-order valence-corrected chi connectivity index (χ1v) is 6.49. The van der Waals surface area contributed by atoms with Crippen molar-refractivity contribution in [3.8, 4) is 0 Å². The lowest BCUT2D eigenvalue weighted by atomic mass is 9.76. The van der Waals surface area contributed by atoms with Crippen molar-refractivity contribution in [1.29, 1.82) is 0 Å². The number of benzene rings is 1. The first-order valence-electron chi connectivity index (χ1n) is 6.11. The lowest BCUT2D eigenvalue weighted by Gasteiger charge is -2.27. The van der Waals surface area contributed by atoms with E-state index in [2.05, 4.69) is 13.8 Å². The Morgan fingerprint density at radius 2 is 1.76 bits per heavy atom. The molecular weight excluding hydrogens is 232 g/mol. The maximum Gasteiger partial charge on any atom is 0.139 e. The standard InChI is InChI=1S/C15H21ClO/c1-11(2)15(3,4)14(17)10-7-12-5-8-13(16)9-6-12/h5-6,8-9,11H,7,10H2,1-4H3. The van der Waals surface area contributed by atoms with Crippen molar-refractivity contribution in [3.63, 3.8) is 0 Å². The largest absolute Gasteiger partial charge is 0.299 e. The van der Waals surface area contributed by atoms with Gasteiger partial charge >= 0.3 is 0 Å². The number of hydrogen-bond donors (Lipinski definition) is 0. The summed E-state index contributed by atoms with van der Waals surface area (Å²) in [5.41, 5.74) is 0.939. The molecule has 0 saturated carbocycles. The van der Waals surface area contributed by atoms with Crippen LogP contribution in [0.15, 0.2) is 24.3 Å². The van der Waals surface area contributed by atoms with E-state index < -0.39 is 0 Å². The summed E-state index contributed by atoms with van der Waals surface area (Å²) in [5, 5.41) is 0.739. The van der Waals surface area contributed by atoms with Gasteiger partial charge in [-0.1, -0.05) is 51.4 Å². The van der Waals surface area contributed by atoms with E-state index in [1.807, 2.05) is 38.1 Å². The zero-order chi connectivity index (χ0) is 13.1. The van der Waals surface area contributed by atoms with Crippen molar-refractivity contribution in [2.75, 3.05) is 0 Å². The van der Waals surface area contributed by atoms with Crippen LogP contribution in [-0.4, -0.2) is 5.78 Å². The highest BCUT2D eigenvalue weighted by Crippen LogP contribution is 2.29. The van der Waals surface area contributed by atoms with E-state index in [1.54, 1.807) is 0 Å². The number of carbonyl (C=O) groups excluding carboxylic acids is 1. The topological polar surface area (TPSA) is 17.1 Å². The van der Waals surface area contributed by atoms with Gasteiger partial charge in [0, 0.05) is 16.9 Å². The molecule has 94 valence electrons. The lowest BCUT2D eigenvalue weighted by Crippen LogP contribution is -2.30. The van der Waals surface area contributed by atoms with Gasteiger partial charge in [0.1, 0.15) is 5.78 Å². The van der Waals surface area contributed by atoms with Gasteiger partial charge in [-0.2, -0.15) is 0 Å². The summed E-state index contributed by atoms with van der Waals surface area (Å²) in [4.78, 5) is 12.1. The van der Waals surface area contributed by atoms with Crippen molar-refractivity contribution in [3.05, 3.63) is 34.9 Å². The molecule has 0 radical (unpaired) electrons. The number of rotatable bonds is 5. The van der Waals surface area contributed by atoms with Crippen molar-refractivity contribution in [1.82, 2.24) is 0 Å². The summed E-state index contributed by atoms with van der Waals surface area (Å²) in [5.74, 6) is 0.711. The second-order valence-corrected chi connectivity index (χ2v) is 5.86. The number of aryl methyl sites for hydroxylation is 1. The fraction of sp³-hybridized carbons (Fsp3) is 0.533. The van der Waals surface area contributed by atoms with Gasteiger partial charge in [-0.15, -0.1) is 0 Å². The van der Waals surface area contributed by atoms with E-state index in [0.717, 1.165) is 11.4 Å². The Bertz CT molecular complexity index is 376. The van der Waals surface area contributed by atoms with Crippen LogP contribution < -0.4 is 0 Å². The van der Waals surface area contributed by atoms with Crippen LogP contribution in [0.1, 0.15) is 39.7 Å². The summed E-state index contributed by atoms with van der Waals surface area (Å²) in [7, 11) is 0. The molecule has 0 aromatic heterocycles. The molecule has 0 atom stereocenters. The monoisotopic (exact) mass is 252 g/mol. The molecule has 0 aliphatic carbocycles. The second kappa shape index (κ2) is 5.68. The molecule has 0 unspecified atom stereocenters. The van der Waals surface area contributed by atoms with Crippen LogP contribution in [-0.2, 0) is 11.2 Å². The summed E-state index contributed by atoms with van der Waals surface area (Å²) < 4.78 is 0. The maximum atomic E-state index is 12.1. The van der Waals surface area contributed by atoms with Gasteiger partial charge in [0.05, 0.1) is 0 Å². The van der Waals surface area contributed by atoms with E-state index in [4.69, 9.17) is 11.6 Å². The van der Waals surface area contributed by atoms with Crippen LogP contribution >= 0.6 is 11.6 Å². The minimum absolute atomic E-state index is 0.230. The number of halogens is 1. The van der Waals surface area contributed by atoms with E-state index in [0.29, 0.717) is 18.1 Å². The SMILES string of the molecule is CC(C)C(C)(C)C(=O)CCc1ccc(Cl)cc1. The zero-order valence-electron chi connectivity index (χ0n) is 11.1. The summed E-state index contributed by atoms with van der Waals surface area (Å²) in [6.07, 6.45) is 1.40. The third kappa shape index (κ3) is 3.85. The van der Waals surface area contributed by atoms with Crippen molar-refractivity contribution >= 4 is 17.4 Å². The normalized spacial score (nSPS) is 11.9. The van der Waals surface area contributed by atoms with Crippen LogP contribution in [0.2, 0.25) is 5.02 Å². The van der Waals surface area contributed by atoms with Gasteiger partial charge in [0.15, 0.2) is 0 Å². The summed E-state index contributed by atoms with van der Waals surface area (Å²) >= 11 is 5.82. The van der Waals surface area contributed by atoms with Crippen LogP contribution in [0.25, 0.3) is 0 Å². The summed E-state index contributed by atoms with van der Waals surface area (Å²) in [6.45, 7) is 8.25. The first kappa shape index (κ1) is 14.2. The Balaban J connectivity index is 2.57. The Labute approximate surface area is 109 Å². The number of carbonyl (C=O) groups is 1. The third-order valence-corrected chi connectivity index (χ3v) is 3.97. The predicted molar refractivity (Wildman–Crippen MR) is 73.4 cm³/mol. The summed E-state index contributed by atoms with van der Waals surface area (Å²) in [6, 6.07) is 7.71. The van der Waals surface area contributed by atoms with Crippen LogP contribution in [0.3, 0.4) is 0 Å². The molecule has 0 bridgehead atoms. The van der Waals surface area contributed by atoms with Gasteiger partial charge in [-0.05, 0) is 30.0 Å². The predicted octanol–water partition coefficient (Wildman–Crippen LogP) is 4.52. The number of Topliss-reactive ketones (excluding diaryl/α,β-unsaturated/α-hetero) is 1. The molecule has 0 spiro atoms. The molecule has 0 aliphatic rings. The van der Waals surface area contributed by atoms with Gasteiger partial charge in [0.25, 0.3) is 0 Å². The molecule has 0 fully saturated rings. The lowest BCUT2D eigenvalue weighted by molar-refractivity contribution is -0.129. The van der Waals surface area contributed by atoms with Crippen molar-refractivity contribution in [2.24, 2.45) is 11.3 Å². The van der Waals surface area contributed by atoms with Gasteiger partial charge in [0.2, 0.25) is 0 Å². The minimum atomic E-state index is -0.230. The molecular formula is C15H21ClO. The van der Waals surface area contributed by atoms with Gasteiger partial charge < -0.3 is 0 Å². The third-order valence-electron chi connectivity index (χ3n) is 3.72.